The van der Waals surface area contributed by atoms with E-state index in [1.807, 2.05) is 0 Å². The molecule has 1 amide bonds. The van der Waals surface area contributed by atoms with Crippen LogP contribution >= 0.6 is 11.3 Å². The Hall–Kier alpha value is -0.920. The first-order valence-corrected chi connectivity index (χ1v) is 12.6. The molecule has 0 spiro atoms. The summed E-state index contributed by atoms with van der Waals surface area (Å²) >= 11 is 1.25. The number of thiophene rings is 1. The van der Waals surface area contributed by atoms with Gasteiger partial charge in [-0.3, -0.25) is 4.79 Å². The van der Waals surface area contributed by atoms with Crippen LogP contribution in [0.25, 0.3) is 0 Å². The third-order valence-electron chi connectivity index (χ3n) is 5.42. The summed E-state index contributed by atoms with van der Waals surface area (Å²) in [6.45, 7) is 8.15. The Morgan fingerprint density at radius 1 is 1.26 bits per heavy atom. The van der Waals surface area contributed by atoms with Gasteiger partial charge in [-0.15, -0.1) is 11.3 Å². The van der Waals surface area contributed by atoms with Crippen molar-refractivity contribution in [3.8, 4) is 0 Å². The van der Waals surface area contributed by atoms with E-state index >= 15 is 0 Å². The summed E-state index contributed by atoms with van der Waals surface area (Å²) in [6.07, 6.45) is 6.64. The number of rotatable bonds is 10. The molecule has 27 heavy (non-hydrogen) atoms. The summed E-state index contributed by atoms with van der Waals surface area (Å²) in [7, 11) is -3.40. The number of piperidine rings is 1. The van der Waals surface area contributed by atoms with E-state index in [0.717, 1.165) is 38.6 Å². The number of hydrogen-bond acceptors (Lipinski definition) is 4. The molecule has 7 heteroatoms. The van der Waals surface area contributed by atoms with Crippen LogP contribution in [-0.2, 0) is 14.8 Å². The zero-order chi connectivity index (χ0) is 19.9. The quantitative estimate of drug-likeness (QED) is 0.535. The third kappa shape index (κ3) is 5.78. The second-order valence-corrected chi connectivity index (χ2v) is 10.6. The lowest BCUT2D eigenvalue weighted by molar-refractivity contribution is -0.139. The molecule has 1 aliphatic rings. The van der Waals surface area contributed by atoms with Crippen molar-refractivity contribution in [3.63, 3.8) is 0 Å². The van der Waals surface area contributed by atoms with Crippen LogP contribution in [0.5, 0.6) is 0 Å². The molecule has 1 saturated heterocycles. The minimum atomic E-state index is -3.40. The van der Waals surface area contributed by atoms with Crippen molar-refractivity contribution in [1.29, 1.82) is 0 Å². The van der Waals surface area contributed by atoms with Crippen molar-refractivity contribution in [2.75, 3.05) is 19.6 Å². The van der Waals surface area contributed by atoms with Crippen LogP contribution in [0.2, 0.25) is 0 Å². The van der Waals surface area contributed by atoms with Gasteiger partial charge < -0.3 is 4.90 Å². The molecule has 0 saturated carbocycles. The van der Waals surface area contributed by atoms with Crippen molar-refractivity contribution in [2.24, 2.45) is 5.92 Å². The van der Waals surface area contributed by atoms with Gasteiger partial charge in [0.1, 0.15) is 4.21 Å². The molecular formula is C20H34N2O3S2. The Kier molecular flexibility index (Phi) is 8.76. The first kappa shape index (κ1) is 22.4. The summed E-state index contributed by atoms with van der Waals surface area (Å²) in [5.74, 6) is 0.168. The highest BCUT2D eigenvalue weighted by molar-refractivity contribution is 7.91. The summed E-state index contributed by atoms with van der Waals surface area (Å²) in [5.41, 5.74) is 0. The summed E-state index contributed by atoms with van der Waals surface area (Å²) < 4.78 is 27.3. The molecule has 0 aliphatic carbocycles. The highest BCUT2D eigenvalue weighted by Gasteiger charge is 2.35. The van der Waals surface area contributed by atoms with Gasteiger partial charge in [0, 0.05) is 31.6 Å². The standard InChI is InChI=1S/C20H34N2O3S2/c1-4-6-7-13-22(17(3)9-5-2)20(23)18-11-14-21(15-12-18)27(24,25)19-10-8-16-26-19/h8,10,16-18H,4-7,9,11-15H2,1-3H3. The maximum absolute atomic E-state index is 13.2. The van der Waals surface area contributed by atoms with E-state index in [2.05, 4.69) is 25.7 Å². The molecule has 0 bridgehead atoms. The maximum Gasteiger partial charge on any atom is 0.252 e. The fraction of sp³-hybridized carbons (Fsp3) is 0.750. The minimum absolute atomic E-state index is 0.0549. The molecule has 2 heterocycles. The van der Waals surface area contributed by atoms with Gasteiger partial charge in [0.15, 0.2) is 0 Å². The second-order valence-electron chi connectivity index (χ2n) is 7.49. The van der Waals surface area contributed by atoms with Gasteiger partial charge >= 0.3 is 0 Å². The van der Waals surface area contributed by atoms with Gasteiger partial charge in [-0.1, -0.05) is 39.2 Å². The lowest BCUT2D eigenvalue weighted by Crippen LogP contribution is -2.47. The number of amides is 1. The monoisotopic (exact) mass is 414 g/mol. The largest absolute Gasteiger partial charge is 0.340 e. The maximum atomic E-state index is 13.2. The summed E-state index contributed by atoms with van der Waals surface area (Å²) in [4.78, 5) is 15.2. The van der Waals surface area contributed by atoms with Gasteiger partial charge in [0.25, 0.3) is 10.0 Å². The van der Waals surface area contributed by atoms with Gasteiger partial charge in [-0.2, -0.15) is 4.31 Å². The molecule has 0 radical (unpaired) electrons. The van der Waals surface area contributed by atoms with Crippen LogP contribution < -0.4 is 0 Å². The van der Waals surface area contributed by atoms with Crippen LogP contribution in [0.4, 0.5) is 0 Å². The van der Waals surface area contributed by atoms with Gasteiger partial charge in [0.2, 0.25) is 5.91 Å². The smallest absolute Gasteiger partial charge is 0.252 e. The first-order chi connectivity index (χ1) is 12.9. The van der Waals surface area contributed by atoms with Crippen LogP contribution in [0.15, 0.2) is 21.7 Å². The molecule has 1 aliphatic heterocycles. The van der Waals surface area contributed by atoms with Crippen LogP contribution in [0, 0.1) is 5.92 Å². The van der Waals surface area contributed by atoms with Crippen LogP contribution in [0.1, 0.15) is 65.7 Å². The Bertz CT molecular complexity index is 665. The molecule has 1 aromatic heterocycles. The molecule has 0 aromatic carbocycles. The highest BCUT2D eigenvalue weighted by atomic mass is 32.2. The van der Waals surface area contributed by atoms with Crippen LogP contribution in [-0.4, -0.2) is 49.2 Å². The van der Waals surface area contributed by atoms with Gasteiger partial charge in [-0.05, 0) is 44.1 Å². The number of unbranched alkanes of at least 4 members (excludes halogenated alkanes) is 2. The SMILES string of the molecule is CCCCCN(C(=O)C1CCN(S(=O)(=O)c2cccs2)CC1)C(C)CCC. The van der Waals surface area contributed by atoms with Crippen molar-refractivity contribution >= 4 is 27.3 Å². The molecule has 5 nitrogen and oxygen atoms in total. The average Bonchev–Trinajstić information content (AvgIpc) is 3.21. The van der Waals surface area contributed by atoms with Crippen molar-refractivity contribution in [3.05, 3.63) is 17.5 Å². The van der Waals surface area contributed by atoms with E-state index in [0.29, 0.717) is 30.1 Å². The topological polar surface area (TPSA) is 57.7 Å². The molecular weight excluding hydrogens is 380 g/mol. The lowest BCUT2D eigenvalue weighted by Gasteiger charge is -2.36. The fourth-order valence-corrected chi connectivity index (χ4v) is 6.38. The molecule has 0 N–H and O–H groups in total. The predicted octanol–water partition coefficient (Wildman–Crippen LogP) is 4.36. The zero-order valence-corrected chi connectivity index (χ0v) is 18.5. The van der Waals surface area contributed by atoms with E-state index in [1.54, 1.807) is 21.8 Å². The van der Waals surface area contributed by atoms with Crippen LogP contribution in [0.3, 0.4) is 0 Å². The summed E-state index contributed by atoms with van der Waals surface area (Å²) in [6, 6.07) is 3.67. The number of carbonyl (C=O) groups excluding carboxylic acids is 1. The highest BCUT2D eigenvalue weighted by Crippen LogP contribution is 2.28. The van der Waals surface area contributed by atoms with E-state index in [4.69, 9.17) is 0 Å². The lowest BCUT2D eigenvalue weighted by atomic mass is 9.95. The Morgan fingerprint density at radius 2 is 1.96 bits per heavy atom. The van der Waals surface area contributed by atoms with Crippen molar-refractivity contribution < 1.29 is 13.2 Å². The van der Waals surface area contributed by atoms with E-state index in [9.17, 15) is 13.2 Å². The average molecular weight is 415 g/mol. The molecule has 1 fully saturated rings. The minimum Gasteiger partial charge on any atom is -0.340 e. The molecule has 154 valence electrons. The van der Waals surface area contributed by atoms with Gasteiger partial charge in [0.05, 0.1) is 0 Å². The third-order valence-corrected chi connectivity index (χ3v) is 8.69. The second kappa shape index (κ2) is 10.6. The van der Waals surface area contributed by atoms with E-state index < -0.39 is 10.0 Å². The Morgan fingerprint density at radius 3 is 2.52 bits per heavy atom. The first-order valence-electron chi connectivity index (χ1n) is 10.3. The van der Waals surface area contributed by atoms with Gasteiger partial charge in [-0.25, -0.2) is 8.42 Å². The van der Waals surface area contributed by atoms with E-state index in [1.165, 1.54) is 11.3 Å². The molecule has 1 aromatic rings. The zero-order valence-electron chi connectivity index (χ0n) is 16.9. The van der Waals surface area contributed by atoms with Crippen molar-refractivity contribution in [1.82, 2.24) is 9.21 Å². The predicted molar refractivity (Wildman–Crippen MR) is 111 cm³/mol. The van der Waals surface area contributed by atoms with Crippen molar-refractivity contribution in [2.45, 2.75) is 76.0 Å². The fourth-order valence-electron chi connectivity index (χ4n) is 3.77. The number of sulfonamides is 1. The Balaban J connectivity index is 1.98. The number of nitrogens with zero attached hydrogens (tertiary/aromatic N) is 2. The number of hydrogen-bond donors (Lipinski definition) is 0. The normalized spacial score (nSPS) is 17.7. The molecule has 1 atom stereocenters. The number of carbonyl (C=O) groups is 1. The molecule has 1 unspecified atom stereocenters. The van der Waals surface area contributed by atoms with E-state index in [-0.39, 0.29) is 17.9 Å². The Labute approximate surface area is 168 Å². The summed E-state index contributed by atoms with van der Waals surface area (Å²) in [5, 5.41) is 1.78. The molecule has 2 rings (SSSR count).